The van der Waals surface area contributed by atoms with Crippen molar-refractivity contribution in [2.45, 2.75) is 58.4 Å². The molecule has 11 heteroatoms. The van der Waals surface area contributed by atoms with Gasteiger partial charge in [0.1, 0.15) is 12.4 Å². The molecule has 4 N–H and O–H groups in total. The number of hydrogen-bond donors (Lipinski definition) is 4. The Bertz CT molecular complexity index is 1420. The first-order valence-corrected chi connectivity index (χ1v) is 14.9. The van der Waals surface area contributed by atoms with Crippen LogP contribution in [0, 0.1) is 6.92 Å². The van der Waals surface area contributed by atoms with E-state index in [1.54, 1.807) is 13.0 Å². The molecule has 0 bridgehead atoms. The molecule has 2 aliphatic rings. The van der Waals surface area contributed by atoms with E-state index in [0.29, 0.717) is 18.7 Å². The number of hydrogen-bond acceptors (Lipinski definition) is 9. The Morgan fingerprint density at radius 2 is 1.91 bits per heavy atom. The molecule has 1 atom stereocenters. The van der Waals surface area contributed by atoms with Crippen LogP contribution in [0.4, 0.5) is 11.4 Å². The predicted molar refractivity (Wildman–Crippen MR) is 164 cm³/mol. The van der Waals surface area contributed by atoms with Crippen molar-refractivity contribution in [3.8, 4) is 5.75 Å². The van der Waals surface area contributed by atoms with Gasteiger partial charge in [0.15, 0.2) is 12.2 Å². The van der Waals surface area contributed by atoms with E-state index < -0.39 is 6.10 Å². The summed E-state index contributed by atoms with van der Waals surface area (Å²) in [5.74, 6) is 1.39. The number of anilines is 2. The number of benzene rings is 2. The minimum Gasteiger partial charge on any atom is -0.486 e. The Labute approximate surface area is 252 Å². The van der Waals surface area contributed by atoms with Gasteiger partial charge in [0.2, 0.25) is 5.91 Å². The van der Waals surface area contributed by atoms with Gasteiger partial charge < -0.3 is 35.1 Å². The lowest BCUT2D eigenvalue weighted by Crippen LogP contribution is -2.42. The lowest BCUT2D eigenvalue weighted by atomic mass is 9.99. The lowest BCUT2D eigenvalue weighted by molar-refractivity contribution is -0.129. The number of piperidine rings is 1. The van der Waals surface area contributed by atoms with E-state index in [2.05, 4.69) is 38.0 Å². The minimum atomic E-state index is -0.699. The summed E-state index contributed by atoms with van der Waals surface area (Å²) in [5, 5.41) is 20.3. The highest BCUT2D eigenvalue weighted by Gasteiger charge is 2.22. The highest BCUT2D eigenvalue weighted by atomic mass is 16.5. The quantitative estimate of drug-likeness (QED) is 0.266. The van der Waals surface area contributed by atoms with Crippen molar-refractivity contribution in [3.63, 3.8) is 0 Å². The molecule has 1 fully saturated rings. The van der Waals surface area contributed by atoms with Gasteiger partial charge >= 0.3 is 0 Å². The molecular weight excluding hydrogens is 548 g/mol. The molecule has 0 unspecified atom stereocenters. The number of aromatic nitrogens is 1. The molecule has 2 aromatic carbocycles. The highest BCUT2D eigenvalue weighted by molar-refractivity contribution is 5.96. The number of likely N-dealkylation sites (tertiary alicyclic amines) is 1. The second-order valence-electron chi connectivity index (χ2n) is 11.4. The molecule has 0 spiro atoms. The minimum absolute atomic E-state index is 0.108. The van der Waals surface area contributed by atoms with Crippen molar-refractivity contribution in [1.82, 2.24) is 20.1 Å². The maximum absolute atomic E-state index is 13.1. The summed E-state index contributed by atoms with van der Waals surface area (Å²) in [4.78, 5) is 32.9. The maximum Gasteiger partial charge on any atom is 0.251 e. The SMILES string of the molecule is CNc1cc(NC2CCN(C(C)=O)CC2)cc(C(=O)NC[C@H](O)CN2CCc3cc(OCc4ocnc4C)ccc3C2)c1. The second-order valence-corrected chi connectivity index (χ2v) is 11.4. The van der Waals surface area contributed by atoms with Gasteiger partial charge in [0.25, 0.3) is 5.91 Å². The number of carbonyl (C=O) groups is 2. The third kappa shape index (κ3) is 8.05. The topological polar surface area (TPSA) is 132 Å². The largest absolute Gasteiger partial charge is 0.486 e. The molecule has 11 nitrogen and oxygen atoms in total. The maximum atomic E-state index is 13.1. The number of aliphatic hydroxyl groups is 1. The van der Waals surface area contributed by atoms with Gasteiger partial charge in [-0.25, -0.2) is 4.98 Å². The van der Waals surface area contributed by atoms with Crippen LogP contribution in [0.1, 0.15) is 52.7 Å². The van der Waals surface area contributed by atoms with Crippen LogP contribution in [0.2, 0.25) is 0 Å². The molecule has 43 heavy (non-hydrogen) atoms. The van der Waals surface area contributed by atoms with Crippen LogP contribution in [0.5, 0.6) is 5.75 Å². The van der Waals surface area contributed by atoms with Crippen molar-refractivity contribution >= 4 is 23.2 Å². The van der Waals surface area contributed by atoms with Gasteiger partial charge in [-0.1, -0.05) is 6.07 Å². The Hall–Kier alpha value is -4.09. The first kappa shape index (κ1) is 30.4. The van der Waals surface area contributed by atoms with Crippen molar-refractivity contribution in [1.29, 1.82) is 0 Å². The Morgan fingerprint density at radius 1 is 1.12 bits per heavy atom. The molecule has 0 radical (unpaired) electrons. The van der Waals surface area contributed by atoms with Gasteiger partial charge in [0, 0.05) is 76.2 Å². The summed E-state index contributed by atoms with van der Waals surface area (Å²) in [6.45, 7) is 7.46. The summed E-state index contributed by atoms with van der Waals surface area (Å²) in [7, 11) is 1.82. The monoisotopic (exact) mass is 590 g/mol. The second kappa shape index (κ2) is 13.9. The number of aliphatic hydroxyl groups excluding tert-OH is 1. The first-order chi connectivity index (χ1) is 20.8. The third-order valence-electron chi connectivity index (χ3n) is 8.25. The smallest absolute Gasteiger partial charge is 0.251 e. The number of ether oxygens (including phenoxy) is 1. The van der Waals surface area contributed by atoms with E-state index in [-0.39, 0.29) is 24.4 Å². The molecule has 1 saturated heterocycles. The molecule has 230 valence electrons. The van der Waals surface area contributed by atoms with Crippen molar-refractivity contribution in [2.24, 2.45) is 0 Å². The Kier molecular flexibility index (Phi) is 9.83. The van der Waals surface area contributed by atoms with E-state index in [1.165, 1.54) is 17.5 Å². The molecule has 1 aromatic heterocycles. The van der Waals surface area contributed by atoms with E-state index >= 15 is 0 Å². The molecule has 3 aromatic rings. The number of fused-ring (bicyclic) bond motifs is 1. The fourth-order valence-electron chi connectivity index (χ4n) is 5.68. The zero-order valence-corrected chi connectivity index (χ0v) is 25.2. The predicted octanol–water partition coefficient (Wildman–Crippen LogP) is 3.18. The average molecular weight is 591 g/mol. The van der Waals surface area contributed by atoms with Crippen LogP contribution < -0.4 is 20.7 Å². The van der Waals surface area contributed by atoms with Crippen LogP contribution in [0.25, 0.3) is 0 Å². The normalized spacial score (nSPS) is 16.3. The number of aryl methyl sites for hydroxylation is 1. The number of carbonyl (C=O) groups excluding carboxylic acids is 2. The summed E-state index contributed by atoms with van der Waals surface area (Å²) in [5.41, 5.74) is 5.48. The summed E-state index contributed by atoms with van der Waals surface area (Å²) in [6, 6.07) is 12.0. The number of rotatable bonds is 11. The fraction of sp³-hybridized carbons (Fsp3) is 0.469. The van der Waals surface area contributed by atoms with Gasteiger partial charge in [-0.2, -0.15) is 0 Å². The number of nitrogens with one attached hydrogen (secondary N) is 3. The van der Waals surface area contributed by atoms with Crippen LogP contribution in [-0.2, 0) is 24.4 Å². The molecule has 5 rings (SSSR count). The molecule has 3 heterocycles. The van der Waals surface area contributed by atoms with E-state index in [1.807, 2.05) is 37.1 Å². The van der Waals surface area contributed by atoms with Crippen molar-refractivity contribution in [3.05, 3.63) is 70.9 Å². The molecule has 0 aliphatic carbocycles. The number of oxazole rings is 1. The summed E-state index contributed by atoms with van der Waals surface area (Å²) < 4.78 is 11.3. The van der Waals surface area contributed by atoms with Crippen LogP contribution in [-0.4, -0.2) is 83.6 Å². The van der Waals surface area contributed by atoms with E-state index in [4.69, 9.17) is 9.15 Å². The van der Waals surface area contributed by atoms with Gasteiger partial charge in [-0.15, -0.1) is 0 Å². The molecular formula is C32H42N6O5. The average Bonchev–Trinajstić information content (AvgIpc) is 3.43. The summed E-state index contributed by atoms with van der Waals surface area (Å²) >= 11 is 0. The third-order valence-corrected chi connectivity index (χ3v) is 8.25. The van der Waals surface area contributed by atoms with Crippen LogP contribution in [0.3, 0.4) is 0 Å². The highest BCUT2D eigenvalue weighted by Crippen LogP contribution is 2.25. The zero-order valence-electron chi connectivity index (χ0n) is 25.2. The zero-order chi connectivity index (χ0) is 30.3. The van der Waals surface area contributed by atoms with Gasteiger partial charge in [-0.3, -0.25) is 14.5 Å². The van der Waals surface area contributed by atoms with Gasteiger partial charge in [0.05, 0.1) is 11.8 Å². The number of amides is 2. The number of nitrogens with zero attached hydrogens (tertiary/aromatic N) is 3. The molecule has 2 amide bonds. The standard InChI is InChI=1S/C32H42N6O5/c1-21-31(43-20-35-21)19-42-30-5-4-24-17-37(9-6-23(24)14-30)18-29(40)16-34-32(41)25-12-27(33-3)15-28(13-25)36-26-7-10-38(11-8-26)22(2)39/h4-5,12-15,20,26,29,33,36,40H,6-11,16-19H2,1-3H3,(H,34,41)/t29-/m0/s1. The summed E-state index contributed by atoms with van der Waals surface area (Å²) in [6.07, 6.45) is 3.30. The van der Waals surface area contributed by atoms with E-state index in [9.17, 15) is 14.7 Å². The fourth-order valence-corrected chi connectivity index (χ4v) is 5.68. The van der Waals surface area contributed by atoms with Gasteiger partial charge in [-0.05, 0) is 67.6 Å². The Morgan fingerprint density at radius 3 is 2.63 bits per heavy atom. The molecule has 2 aliphatic heterocycles. The van der Waals surface area contributed by atoms with Crippen molar-refractivity contribution in [2.75, 3.05) is 50.4 Å². The number of β-amino-alcohol motifs (C(OH)–C–C–N with tert-alkyl or cyclic N) is 1. The van der Waals surface area contributed by atoms with E-state index in [0.717, 1.165) is 74.0 Å². The van der Waals surface area contributed by atoms with Crippen LogP contribution >= 0.6 is 0 Å². The lowest BCUT2D eigenvalue weighted by Gasteiger charge is -2.32. The first-order valence-electron chi connectivity index (χ1n) is 14.9. The van der Waals surface area contributed by atoms with Crippen molar-refractivity contribution < 1.29 is 23.8 Å². The molecule has 0 saturated carbocycles. The van der Waals surface area contributed by atoms with Crippen LogP contribution in [0.15, 0.2) is 47.2 Å². The Balaban J connectivity index is 1.09.